The van der Waals surface area contributed by atoms with Gasteiger partial charge in [-0.05, 0) is 62.4 Å². The van der Waals surface area contributed by atoms with Crippen LogP contribution in [0, 0.1) is 5.92 Å². The molecule has 3 nitrogen and oxygen atoms in total. The van der Waals surface area contributed by atoms with E-state index in [2.05, 4.69) is 45.5 Å². The fourth-order valence-corrected chi connectivity index (χ4v) is 3.78. The van der Waals surface area contributed by atoms with Crippen molar-refractivity contribution in [1.82, 2.24) is 10.2 Å². The third kappa shape index (κ3) is 4.71. The summed E-state index contributed by atoms with van der Waals surface area (Å²) in [7, 11) is 1.97. The molecular weight excluding hydrogens is 376 g/mol. The molecule has 5 heteroatoms. The van der Waals surface area contributed by atoms with Crippen LogP contribution in [-0.2, 0) is 10.2 Å². The summed E-state index contributed by atoms with van der Waals surface area (Å²) in [6.45, 7) is 3.05. The number of nitrogens with one attached hydrogen (secondary N) is 1. The second kappa shape index (κ2) is 8.00. The molecule has 2 aliphatic rings. The van der Waals surface area contributed by atoms with E-state index in [0.29, 0.717) is 18.2 Å². The quantitative estimate of drug-likeness (QED) is 0.787. The predicted octanol–water partition coefficient (Wildman–Crippen LogP) is 3.75. The molecule has 128 valence electrons. The van der Waals surface area contributed by atoms with Gasteiger partial charge < -0.3 is 10.2 Å². The maximum absolute atomic E-state index is 12.4. The Morgan fingerprint density at radius 3 is 2.61 bits per heavy atom. The van der Waals surface area contributed by atoms with E-state index in [4.69, 9.17) is 0 Å². The molecule has 1 unspecified atom stereocenters. The van der Waals surface area contributed by atoms with Crippen LogP contribution in [0.25, 0.3) is 0 Å². The van der Waals surface area contributed by atoms with Gasteiger partial charge in [0.1, 0.15) is 0 Å². The number of carbonyl (C=O) groups is 1. The van der Waals surface area contributed by atoms with Gasteiger partial charge in [0.2, 0.25) is 5.91 Å². The molecule has 1 aromatic rings. The molecule has 2 fully saturated rings. The summed E-state index contributed by atoms with van der Waals surface area (Å²) in [5.74, 6) is 0.994. The van der Waals surface area contributed by atoms with Crippen molar-refractivity contribution in [2.45, 2.75) is 37.5 Å². The van der Waals surface area contributed by atoms with E-state index in [1.54, 1.807) is 0 Å². The molecule has 1 aromatic carbocycles. The van der Waals surface area contributed by atoms with E-state index in [1.165, 1.54) is 24.8 Å². The van der Waals surface area contributed by atoms with Gasteiger partial charge in [-0.3, -0.25) is 4.79 Å². The molecule has 1 amide bonds. The van der Waals surface area contributed by atoms with Crippen molar-refractivity contribution in [3.63, 3.8) is 0 Å². The summed E-state index contributed by atoms with van der Waals surface area (Å²) in [5.41, 5.74) is 1.58. The first-order valence-electron chi connectivity index (χ1n) is 8.30. The second-order valence-electron chi connectivity index (χ2n) is 6.93. The van der Waals surface area contributed by atoms with Crippen molar-refractivity contribution in [3.8, 4) is 0 Å². The van der Waals surface area contributed by atoms with Crippen LogP contribution < -0.4 is 5.32 Å². The van der Waals surface area contributed by atoms with Gasteiger partial charge in [-0.1, -0.05) is 28.1 Å². The summed E-state index contributed by atoms with van der Waals surface area (Å²) in [4.78, 5) is 14.3. The van der Waals surface area contributed by atoms with Crippen molar-refractivity contribution in [3.05, 3.63) is 34.3 Å². The Labute approximate surface area is 153 Å². The van der Waals surface area contributed by atoms with E-state index in [-0.39, 0.29) is 17.8 Å². The van der Waals surface area contributed by atoms with E-state index in [1.807, 2.05) is 11.9 Å². The number of hydrogen-bond donors (Lipinski definition) is 1. The van der Waals surface area contributed by atoms with Gasteiger partial charge in [-0.25, -0.2) is 0 Å². The third-order valence-corrected chi connectivity index (χ3v) is 5.73. The minimum Gasteiger partial charge on any atom is -0.345 e. The van der Waals surface area contributed by atoms with Crippen LogP contribution in [0.4, 0.5) is 0 Å². The molecule has 1 saturated carbocycles. The van der Waals surface area contributed by atoms with Gasteiger partial charge >= 0.3 is 0 Å². The molecule has 1 saturated heterocycles. The average Bonchev–Trinajstić information content (AvgIpc) is 3.10. The average molecular weight is 402 g/mol. The zero-order valence-electron chi connectivity index (χ0n) is 13.7. The number of benzene rings is 1. The predicted molar refractivity (Wildman–Crippen MR) is 100 cm³/mol. The van der Waals surface area contributed by atoms with Crippen molar-refractivity contribution in [2.75, 3.05) is 26.7 Å². The largest absolute Gasteiger partial charge is 0.345 e. The Morgan fingerprint density at radius 2 is 2.04 bits per heavy atom. The SMILES string of the molecule is CN(CC1(c2ccc(Br)cc2)CC1)C(=O)CCC1CCNC1.Cl. The first-order chi connectivity index (χ1) is 10.6. The maximum atomic E-state index is 12.4. The van der Waals surface area contributed by atoms with Crippen LogP contribution in [0.5, 0.6) is 0 Å². The van der Waals surface area contributed by atoms with Gasteiger partial charge in [0, 0.05) is 29.9 Å². The first kappa shape index (κ1) is 18.8. The fourth-order valence-electron chi connectivity index (χ4n) is 3.51. The zero-order chi connectivity index (χ0) is 15.6. The molecule has 0 aromatic heterocycles. The Balaban J connectivity index is 0.00000192. The summed E-state index contributed by atoms with van der Waals surface area (Å²) >= 11 is 3.49. The Hall–Kier alpha value is -0.580. The van der Waals surface area contributed by atoms with Gasteiger partial charge in [-0.15, -0.1) is 12.4 Å². The highest BCUT2D eigenvalue weighted by Crippen LogP contribution is 2.48. The number of hydrogen-bond acceptors (Lipinski definition) is 2. The molecule has 1 aliphatic heterocycles. The first-order valence-corrected chi connectivity index (χ1v) is 9.09. The van der Waals surface area contributed by atoms with Gasteiger partial charge in [0.05, 0.1) is 0 Å². The van der Waals surface area contributed by atoms with Crippen molar-refractivity contribution in [1.29, 1.82) is 0 Å². The molecule has 1 heterocycles. The molecule has 1 N–H and O–H groups in total. The Kier molecular flexibility index (Phi) is 6.52. The standard InChI is InChI=1S/C18H25BrN2O.ClH/c1-21(17(22)7-2-14-8-11-20-12-14)13-18(9-10-18)15-3-5-16(19)6-4-15;/h3-6,14,20H,2,7-13H2,1H3;1H. The minimum absolute atomic E-state index is 0. The topological polar surface area (TPSA) is 32.3 Å². The van der Waals surface area contributed by atoms with E-state index >= 15 is 0 Å². The Bertz CT molecular complexity index is 524. The lowest BCUT2D eigenvalue weighted by molar-refractivity contribution is -0.130. The van der Waals surface area contributed by atoms with Crippen LogP contribution >= 0.6 is 28.3 Å². The van der Waals surface area contributed by atoms with Crippen LogP contribution in [0.2, 0.25) is 0 Å². The number of nitrogens with zero attached hydrogens (tertiary/aromatic N) is 1. The lowest BCUT2D eigenvalue weighted by Crippen LogP contribution is -2.34. The molecule has 0 bridgehead atoms. The lowest BCUT2D eigenvalue weighted by atomic mass is 9.95. The number of amides is 1. The monoisotopic (exact) mass is 400 g/mol. The van der Waals surface area contributed by atoms with Crippen LogP contribution in [-0.4, -0.2) is 37.5 Å². The molecular formula is C18H26BrClN2O. The second-order valence-corrected chi connectivity index (χ2v) is 7.85. The highest BCUT2D eigenvalue weighted by atomic mass is 79.9. The minimum atomic E-state index is 0. The number of carbonyl (C=O) groups excluding carboxylic acids is 1. The third-order valence-electron chi connectivity index (χ3n) is 5.20. The van der Waals surface area contributed by atoms with E-state index < -0.39 is 0 Å². The fraction of sp³-hybridized carbons (Fsp3) is 0.611. The van der Waals surface area contributed by atoms with Crippen LogP contribution in [0.15, 0.2) is 28.7 Å². The molecule has 1 aliphatic carbocycles. The normalized spacial score (nSPS) is 21.6. The lowest BCUT2D eigenvalue weighted by Gasteiger charge is -2.25. The van der Waals surface area contributed by atoms with Crippen molar-refractivity contribution < 1.29 is 4.79 Å². The molecule has 23 heavy (non-hydrogen) atoms. The molecule has 1 atom stereocenters. The van der Waals surface area contributed by atoms with E-state index in [9.17, 15) is 4.79 Å². The zero-order valence-corrected chi connectivity index (χ0v) is 16.1. The Morgan fingerprint density at radius 1 is 1.35 bits per heavy atom. The summed E-state index contributed by atoms with van der Waals surface area (Å²) in [6.07, 6.45) is 5.33. The summed E-state index contributed by atoms with van der Waals surface area (Å²) in [6, 6.07) is 8.59. The highest BCUT2D eigenvalue weighted by Gasteiger charge is 2.45. The molecule has 3 rings (SSSR count). The molecule has 0 spiro atoms. The smallest absolute Gasteiger partial charge is 0.222 e. The van der Waals surface area contributed by atoms with Crippen molar-refractivity contribution >= 4 is 34.2 Å². The summed E-state index contributed by atoms with van der Waals surface area (Å²) < 4.78 is 1.11. The van der Waals surface area contributed by atoms with E-state index in [0.717, 1.165) is 30.5 Å². The van der Waals surface area contributed by atoms with Crippen LogP contribution in [0.3, 0.4) is 0 Å². The van der Waals surface area contributed by atoms with Gasteiger partial charge in [-0.2, -0.15) is 0 Å². The van der Waals surface area contributed by atoms with Crippen molar-refractivity contribution in [2.24, 2.45) is 5.92 Å². The summed E-state index contributed by atoms with van der Waals surface area (Å²) in [5, 5.41) is 3.37. The maximum Gasteiger partial charge on any atom is 0.222 e. The highest BCUT2D eigenvalue weighted by molar-refractivity contribution is 9.10. The number of halogens is 2. The molecule has 0 radical (unpaired) electrons. The van der Waals surface area contributed by atoms with Gasteiger partial charge in [0.25, 0.3) is 0 Å². The van der Waals surface area contributed by atoms with Crippen LogP contribution in [0.1, 0.15) is 37.7 Å². The number of rotatable bonds is 6. The van der Waals surface area contributed by atoms with Gasteiger partial charge in [0.15, 0.2) is 0 Å². The number of likely N-dealkylation sites (N-methyl/N-ethyl adjacent to an activating group) is 1.